The van der Waals surface area contributed by atoms with Crippen LogP contribution in [0, 0.1) is 0 Å². The molecule has 1 aliphatic rings. The molecule has 11 heavy (non-hydrogen) atoms. The van der Waals surface area contributed by atoms with E-state index in [0.717, 1.165) is 25.0 Å². The van der Waals surface area contributed by atoms with E-state index in [0.29, 0.717) is 5.88 Å². The van der Waals surface area contributed by atoms with E-state index in [-0.39, 0.29) is 0 Å². The van der Waals surface area contributed by atoms with Crippen molar-refractivity contribution in [3.05, 3.63) is 11.1 Å². The normalized spacial score (nSPS) is 22.3. The highest BCUT2D eigenvalue weighted by atomic mass is 35.5. The van der Waals surface area contributed by atoms with Crippen molar-refractivity contribution >= 4 is 27.9 Å². The SMILES string of the molecule is O=S1[C-]=NC(CCCCCl)=C1. The molecule has 0 aromatic carbocycles. The van der Waals surface area contributed by atoms with Crippen LogP contribution < -0.4 is 0 Å². The van der Waals surface area contributed by atoms with Crippen molar-refractivity contribution in [2.24, 2.45) is 4.99 Å². The summed E-state index contributed by atoms with van der Waals surface area (Å²) in [6.07, 6.45) is 2.87. The molecule has 1 rings (SSSR count). The third-order valence-corrected chi connectivity index (χ3v) is 2.36. The van der Waals surface area contributed by atoms with Crippen LogP contribution in [0.25, 0.3) is 0 Å². The van der Waals surface area contributed by atoms with Crippen molar-refractivity contribution in [1.82, 2.24) is 0 Å². The minimum absolute atomic E-state index is 0.684. The van der Waals surface area contributed by atoms with Crippen LogP contribution >= 0.6 is 11.6 Å². The highest BCUT2D eigenvalue weighted by Gasteiger charge is 1.92. The Morgan fingerprint density at radius 2 is 2.45 bits per heavy atom. The molecule has 0 aromatic rings. The summed E-state index contributed by atoms with van der Waals surface area (Å²) in [7, 11) is -1.07. The quantitative estimate of drug-likeness (QED) is 0.378. The van der Waals surface area contributed by atoms with E-state index in [1.54, 1.807) is 5.41 Å². The monoisotopic (exact) mass is 190 g/mol. The Labute approximate surface area is 73.8 Å². The molecule has 0 saturated heterocycles. The molecule has 1 heterocycles. The summed E-state index contributed by atoms with van der Waals surface area (Å²) in [4.78, 5) is 3.86. The number of alkyl halides is 1. The number of halogens is 1. The summed E-state index contributed by atoms with van der Waals surface area (Å²) >= 11 is 5.49. The molecule has 1 aliphatic heterocycles. The van der Waals surface area contributed by atoms with Gasteiger partial charge in [-0.05, 0) is 17.2 Å². The molecule has 0 N–H and O–H groups in total. The minimum Gasteiger partial charge on any atom is -0.445 e. The van der Waals surface area contributed by atoms with Crippen LogP contribution in [-0.2, 0) is 10.8 Å². The first-order chi connectivity index (χ1) is 5.33. The molecule has 0 bridgehead atoms. The molecule has 0 spiro atoms. The Bertz CT molecular complexity index is 212. The maximum atomic E-state index is 10.7. The fourth-order valence-corrected chi connectivity index (χ4v) is 1.66. The van der Waals surface area contributed by atoms with Crippen molar-refractivity contribution in [1.29, 1.82) is 0 Å². The van der Waals surface area contributed by atoms with Gasteiger partial charge in [-0.3, -0.25) is 4.21 Å². The van der Waals surface area contributed by atoms with E-state index < -0.39 is 10.8 Å². The average Bonchev–Trinajstić information content (AvgIpc) is 2.37. The lowest BCUT2D eigenvalue weighted by Gasteiger charge is -2.02. The smallest absolute Gasteiger partial charge is 0.0223 e. The largest absolute Gasteiger partial charge is 0.445 e. The molecule has 0 amide bonds. The van der Waals surface area contributed by atoms with E-state index in [1.807, 2.05) is 0 Å². The topological polar surface area (TPSA) is 29.4 Å². The highest BCUT2D eigenvalue weighted by molar-refractivity contribution is 8.01. The van der Waals surface area contributed by atoms with E-state index in [2.05, 4.69) is 10.5 Å². The fraction of sp³-hybridized carbons (Fsp3) is 0.571. The Kier molecular flexibility index (Phi) is 3.80. The maximum Gasteiger partial charge on any atom is 0.0223 e. The fourth-order valence-electron chi connectivity index (χ4n) is 0.795. The van der Waals surface area contributed by atoms with Crippen LogP contribution in [-0.4, -0.2) is 15.6 Å². The van der Waals surface area contributed by atoms with Gasteiger partial charge in [-0.15, -0.1) is 17.3 Å². The highest BCUT2D eigenvalue weighted by Crippen LogP contribution is 2.13. The van der Waals surface area contributed by atoms with Gasteiger partial charge in [0.15, 0.2) is 0 Å². The summed E-state index contributed by atoms with van der Waals surface area (Å²) < 4.78 is 10.7. The molecule has 1 atom stereocenters. The van der Waals surface area contributed by atoms with Gasteiger partial charge < -0.3 is 4.99 Å². The Balaban J connectivity index is 2.23. The minimum atomic E-state index is -1.07. The van der Waals surface area contributed by atoms with Crippen LogP contribution in [0.2, 0.25) is 0 Å². The molecular weight excluding hydrogens is 182 g/mol. The maximum absolute atomic E-state index is 10.7. The number of hydrogen-bond acceptors (Lipinski definition) is 2. The van der Waals surface area contributed by atoms with E-state index in [1.165, 1.54) is 0 Å². The molecule has 0 fully saturated rings. The summed E-state index contributed by atoms with van der Waals surface area (Å²) in [5.74, 6) is 0.684. The van der Waals surface area contributed by atoms with Crippen LogP contribution in [0.15, 0.2) is 16.1 Å². The zero-order chi connectivity index (χ0) is 8.10. The van der Waals surface area contributed by atoms with Gasteiger partial charge >= 0.3 is 0 Å². The summed E-state index contributed by atoms with van der Waals surface area (Å²) in [6, 6.07) is 0. The molecule has 4 heteroatoms. The van der Waals surface area contributed by atoms with Crippen molar-refractivity contribution in [3.63, 3.8) is 0 Å². The van der Waals surface area contributed by atoms with E-state index >= 15 is 0 Å². The van der Waals surface area contributed by atoms with Crippen molar-refractivity contribution in [2.75, 3.05) is 5.88 Å². The predicted octanol–water partition coefficient (Wildman–Crippen LogP) is 1.90. The third kappa shape index (κ3) is 3.16. The zero-order valence-corrected chi connectivity index (χ0v) is 7.62. The second-order valence-electron chi connectivity index (χ2n) is 2.26. The number of unbranched alkanes of at least 4 members (excludes halogenated alkanes) is 1. The van der Waals surface area contributed by atoms with Crippen LogP contribution in [0.3, 0.4) is 0 Å². The number of allylic oxidation sites excluding steroid dienone is 1. The first kappa shape index (κ1) is 8.94. The lowest BCUT2D eigenvalue weighted by Crippen LogP contribution is -1.79. The van der Waals surface area contributed by atoms with Crippen LogP contribution in [0.5, 0.6) is 0 Å². The van der Waals surface area contributed by atoms with Gasteiger partial charge in [0.2, 0.25) is 0 Å². The van der Waals surface area contributed by atoms with E-state index in [4.69, 9.17) is 11.6 Å². The second-order valence-corrected chi connectivity index (χ2v) is 3.65. The number of nitrogens with zero attached hydrogens (tertiary/aromatic N) is 1. The molecule has 0 aromatic heterocycles. The average molecular weight is 191 g/mol. The van der Waals surface area contributed by atoms with E-state index in [9.17, 15) is 4.21 Å². The second kappa shape index (κ2) is 4.67. The molecule has 0 radical (unpaired) electrons. The van der Waals surface area contributed by atoms with Gasteiger partial charge in [0, 0.05) is 5.88 Å². The van der Waals surface area contributed by atoms with Gasteiger partial charge in [0.05, 0.1) is 0 Å². The first-order valence-electron chi connectivity index (χ1n) is 3.46. The summed E-state index contributed by atoms with van der Waals surface area (Å²) in [5.41, 5.74) is 3.35. The molecule has 2 nitrogen and oxygen atoms in total. The number of hydrogen-bond donors (Lipinski definition) is 0. The van der Waals surface area contributed by atoms with Gasteiger partial charge in [0.1, 0.15) is 0 Å². The van der Waals surface area contributed by atoms with Gasteiger partial charge in [0.25, 0.3) is 0 Å². The van der Waals surface area contributed by atoms with Gasteiger partial charge in [-0.2, -0.15) is 0 Å². The molecule has 62 valence electrons. The predicted molar refractivity (Wildman–Crippen MR) is 48.2 cm³/mol. The zero-order valence-electron chi connectivity index (χ0n) is 6.05. The van der Waals surface area contributed by atoms with Crippen LogP contribution in [0.1, 0.15) is 19.3 Å². The van der Waals surface area contributed by atoms with Crippen molar-refractivity contribution < 1.29 is 4.21 Å². The number of aliphatic imine (C=N–C) groups is 1. The standard InChI is InChI=1S/C7H9ClNOS/c8-4-2-1-3-7-5-11(10)6-9-7/h5H,1-4H2/q-1. The third-order valence-electron chi connectivity index (χ3n) is 1.34. The lowest BCUT2D eigenvalue weighted by molar-refractivity contribution is 0.695. The molecule has 0 saturated carbocycles. The summed E-state index contributed by atoms with van der Waals surface area (Å²) in [6.45, 7) is 0. The van der Waals surface area contributed by atoms with Crippen molar-refractivity contribution in [2.45, 2.75) is 19.3 Å². The van der Waals surface area contributed by atoms with Gasteiger partial charge in [-0.1, -0.05) is 23.8 Å². The molecule has 1 unspecified atom stereocenters. The first-order valence-corrected chi connectivity index (χ1v) is 5.21. The lowest BCUT2D eigenvalue weighted by atomic mass is 10.2. The summed E-state index contributed by atoms with van der Waals surface area (Å²) in [5, 5.41) is 1.63. The number of rotatable bonds is 4. The van der Waals surface area contributed by atoms with Gasteiger partial charge in [-0.25, -0.2) is 0 Å². The Hall–Kier alpha value is -0.150. The Morgan fingerprint density at radius 1 is 1.64 bits per heavy atom. The molecule has 0 aliphatic carbocycles. The molecular formula is C7H9ClNOS-. The van der Waals surface area contributed by atoms with Crippen LogP contribution in [0.4, 0.5) is 0 Å². The Morgan fingerprint density at radius 3 is 3.00 bits per heavy atom. The van der Waals surface area contributed by atoms with Crippen molar-refractivity contribution in [3.8, 4) is 0 Å².